The van der Waals surface area contributed by atoms with E-state index in [0.717, 1.165) is 21.7 Å². The Morgan fingerprint density at radius 3 is 2.60 bits per heavy atom. The number of nitrogens with one attached hydrogen (secondary N) is 1. The Bertz CT molecular complexity index is 505. The maximum Gasteiger partial charge on any atom is 0.126 e. The van der Waals surface area contributed by atoms with E-state index in [1.165, 1.54) is 6.07 Å². The lowest BCUT2D eigenvalue weighted by molar-refractivity contribution is 0.619. The van der Waals surface area contributed by atoms with E-state index < -0.39 is 0 Å². The molecule has 0 saturated carbocycles. The maximum atomic E-state index is 13.1. The first-order valence-corrected chi connectivity index (χ1v) is 5.36. The van der Waals surface area contributed by atoms with Crippen LogP contribution in [0.25, 0.3) is 11.3 Å². The molecule has 0 unspecified atom stereocenters. The number of imidazole rings is 1. The van der Waals surface area contributed by atoms with Gasteiger partial charge in [-0.3, -0.25) is 0 Å². The molecule has 0 bridgehead atoms. The predicted octanol–water partition coefficient (Wildman–Crippen LogP) is 3.60. The molecule has 4 heteroatoms. The van der Waals surface area contributed by atoms with Crippen molar-refractivity contribution in [2.24, 2.45) is 0 Å². The summed E-state index contributed by atoms with van der Waals surface area (Å²) in [6, 6.07) is 4.97. The summed E-state index contributed by atoms with van der Waals surface area (Å²) in [4.78, 5) is 7.38. The second-order valence-corrected chi connectivity index (χ2v) is 4.24. The monoisotopic (exact) mass is 268 g/mol. The molecule has 2 aromatic rings. The molecule has 0 aliphatic rings. The maximum absolute atomic E-state index is 13.1. The van der Waals surface area contributed by atoms with Crippen molar-refractivity contribution in [2.75, 3.05) is 0 Å². The molecule has 0 saturated heterocycles. The van der Waals surface area contributed by atoms with Gasteiger partial charge in [0, 0.05) is 5.56 Å². The highest BCUT2D eigenvalue weighted by molar-refractivity contribution is 9.10. The minimum atomic E-state index is -0.192. The van der Waals surface area contributed by atoms with E-state index in [1.54, 1.807) is 19.1 Å². The van der Waals surface area contributed by atoms with Gasteiger partial charge in [0.25, 0.3) is 0 Å². The van der Waals surface area contributed by atoms with Crippen molar-refractivity contribution in [3.8, 4) is 11.3 Å². The fourth-order valence-electron chi connectivity index (χ4n) is 1.45. The van der Waals surface area contributed by atoms with E-state index in [4.69, 9.17) is 0 Å². The zero-order valence-electron chi connectivity index (χ0n) is 8.44. The second kappa shape index (κ2) is 3.77. The zero-order valence-corrected chi connectivity index (χ0v) is 10.0. The Balaban J connectivity index is 2.54. The molecule has 78 valence electrons. The minimum Gasteiger partial charge on any atom is -0.336 e. The molecule has 1 aromatic heterocycles. The van der Waals surface area contributed by atoms with Gasteiger partial charge in [-0.25, -0.2) is 9.37 Å². The predicted molar refractivity (Wildman–Crippen MR) is 61.2 cm³/mol. The summed E-state index contributed by atoms with van der Waals surface area (Å²) >= 11 is 3.39. The van der Waals surface area contributed by atoms with Crippen LogP contribution in [0.2, 0.25) is 0 Å². The van der Waals surface area contributed by atoms with Crippen molar-refractivity contribution in [2.45, 2.75) is 13.8 Å². The molecule has 1 heterocycles. The Hall–Kier alpha value is -1.16. The summed E-state index contributed by atoms with van der Waals surface area (Å²) in [5, 5.41) is 0. The number of aryl methyl sites for hydroxylation is 2. The molecule has 1 N–H and O–H groups in total. The highest BCUT2D eigenvalue weighted by atomic mass is 79.9. The number of aromatic nitrogens is 2. The first-order valence-electron chi connectivity index (χ1n) is 4.56. The molecule has 2 rings (SSSR count). The summed E-state index contributed by atoms with van der Waals surface area (Å²) in [6.07, 6.45) is 0. The summed E-state index contributed by atoms with van der Waals surface area (Å²) in [6.45, 7) is 3.62. The third-order valence-electron chi connectivity index (χ3n) is 2.21. The van der Waals surface area contributed by atoms with Gasteiger partial charge in [0.15, 0.2) is 0 Å². The number of benzene rings is 1. The topological polar surface area (TPSA) is 28.7 Å². The summed E-state index contributed by atoms with van der Waals surface area (Å²) in [5.74, 6) is 0.640. The molecule has 15 heavy (non-hydrogen) atoms. The first kappa shape index (κ1) is 10.4. The van der Waals surface area contributed by atoms with Gasteiger partial charge in [0.05, 0.1) is 0 Å². The van der Waals surface area contributed by atoms with E-state index >= 15 is 0 Å². The number of aromatic amines is 1. The van der Waals surface area contributed by atoms with Crippen molar-refractivity contribution in [1.82, 2.24) is 9.97 Å². The molecule has 0 atom stereocenters. The lowest BCUT2D eigenvalue weighted by Gasteiger charge is -2.00. The van der Waals surface area contributed by atoms with Crippen molar-refractivity contribution >= 4 is 15.9 Å². The van der Waals surface area contributed by atoms with Crippen LogP contribution in [-0.4, -0.2) is 9.97 Å². The first-order chi connectivity index (χ1) is 7.08. The molecular weight excluding hydrogens is 259 g/mol. The van der Waals surface area contributed by atoms with E-state index in [0.29, 0.717) is 5.56 Å². The fraction of sp³-hybridized carbons (Fsp3) is 0.182. The molecular formula is C11H10BrFN2. The number of halogens is 2. The number of nitrogens with zero attached hydrogens (tertiary/aromatic N) is 1. The zero-order chi connectivity index (χ0) is 11.0. The summed E-state index contributed by atoms with van der Waals surface area (Å²) < 4.78 is 13.9. The van der Waals surface area contributed by atoms with Crippen LogP contribution in [0, 0.1) is 19.7 Å². The van der Waals surface area contributed by atoms with Crippen molar-refractivity contribution in [3.05, 3.63) is 40.0 Å². The van der Waals surface area contributed by atoms with Crippen LogP contribution in [0.5, 0.6) is 0 Å². The second-order valence-electron chi connectivity index (χ2n) is 3.45. The van der Waals surface area contributed by atoms with Crippen LogP contribution in [0.4, 0.5) is 4.39 Å². The number of rotatable bonds is 1. The molecule has 0 radical (unpaired) electrons. The smallest absolute Gasteiger partial charge is 0.126 e. The molecule has 2 nitrogen and oxygen atoms in total. The minimum absolute atomic E-state index is 0.192. The average Bonchev–Trinajstić information content (AvgIpc) is 2.50. The number of hydrogen-bond donors (Lipinski definition) is 1. The summed E-state index contributed by atoms with van der Waals surface area (Å²) in [5.41, 5.74) is 2.35. The SMILES string of the molecule is Cc1nc(-c2ccc(F)c(C)c2)c(Br)[nH]1. The molecule has 0 aliphatic carbocycles. The van der Waals surface area contributed by atoms with E-state index in [-0.39, 0.29) is 5.82 Å². The number of hydrogen-bond acceptors (Lipinski definition) is 1. The van der Waals surface area contributed by atoms with Crippen molar-refractivity contribution in [3.63, 3.8) is 0 Å². The van der Waals surface area contributed by atoms with Crippen LogP contribution >= 0.6 is 15.9 Å². The normalized spacial score (nSPS) is 10.7. The van der Waals surface area contributed by atoms with Gasteiger partial charge in [0.2, 0.25) is 0 Å². The van der Waals surface area contributed by atoms with E-state index in [9.17, 15) is 4.39 Å². The van der Waals surface area contributed by atoms with Gasteiger partial charge in [-0.2, -0.15) is 0 Å². The third-order valence-corrected chi connectivity index (χ3v) is 2.78. The van der Waals surface area contributed by atoms with Crippen LogP contribution < -0.4 is 0 Å². The molecule has 0 amide bonds. The lowest BCUT2D eigenvalue weighted by Crippen LogP contribution is -1.85. The lowest BCUT2D eigenvalue weighted by atomic mass is 10.1. The van der Waals surface area contributed by atoms with Gasteiger partial charge in [0.1, 0.15) is 21.9 Å². The van der Waals surface area contributed by atoms with E-state index in [1.807, 2.05) is 6.92 Å². The van der Waals surface area contributed by atoms with Crippen molar-refractivity contribution in [1.29, 1.82) is 0 Å². The fourth-order valence-corrected chi connectivity index (χ4v) is 2.05. The molecule has 1 aromatic carbocycles. The highest BCUT2D eigenvalue weighted by Crippen LogP contribution is 2.26. The van der Waals surface area contributed by atoms with Crippen molar-refractivity contribution < 1.29 is 4.39 Å². The van der Waals surface area contributed by atoms with Crippen LogP contribution in [0.3, 0.4) is 0 Å². The van der Waals surface area contributed by atoms with Gasteiger partial charge < -0.3 is 4.98 Å². The van der Waals surface area contributed by atoms with E-state index in [2.05, 4.69) is 25.9 Å². The standard InChI is InChI=1S/C11H10BrFN2/c1-6-5-8(3-4-9(6)13)10-11(12)15-7(2)14-10/h3-5H,1-2H3,(H,14,15). The van der Waals surface area contributed by atoms with Crippen LogP contribution in [0.1, 0.15) is 11.4 Å². The molecule has 0 fully saturated rings. The Kier molecular flexibility index (Phi) is 2.61. The highest BCUT2D eigenvalue weighted by Gasteiger charge is 2.09. The van der Waals surface area contributed by atoms with Gasteiger partial charge in [-0.1, -0.05) is 0 Å². The Labute approximate surface area is 95.7 Å². The Morgan fingerprint density at radius 2 is 2.07 bits per heavy atom. The van der Waals surface area contributed by atoms with Gasteiger partial charge in [-0.05, 0) is 53.5 Å². The Morgan fingerprint density at radius 1 is 1.33 bits per heavy atom. The van der Waals surface area contributed by atoms with Crippen LogP contribution in [0.15, 0.2) is 22.8 Å². The third kappa shape index (κ3) is 1.95. The van der Waals surface area contributed by atoms with Crippen LogP contribution in [-0.2, 0) is 0 Å². The average molecular weight is 269 g/mol. The van der Waals surface area contributed by atoms with Gasteiger partial charge in [-0.15, -0.1) is 0 Å². The largest absolute Gasteiger partial charge is 0.336 e. The summed E-state index contributed by atoms with van der Waals surface area (Å²) in [7, 11) is 0. The van der Waals surface area contributed by atoms with Gasteiger partial charge >= 0.3 is 0 Å². The quantitative estimate of drug-likeness (QED) is 0.841. The molecule has 0 spiro atoms. The molecule has 0 aliphatic heterocycles. The number of H-pyrrole nitrogens is 1.